The third kappa shape index (κ3) is 3.50. The molecule has 0 saturated heterocycles. The summed E-state index contributed by atoms with van der Waals surface area (Å²) >= 11 is 1.29. The maximum Gasteiger partial charge on any atom is 0.338 e. The molecular weight excluding hydrogens is 402 g/mol. The van der Waals surface area contributed by atoms with Gasteiger partial charge in [-0.1, -0.05) is 23.5 Å². The first kappa shape index (κ1) is 19.9. The van der Waals surface area contributed by atoms with Gasteiger partial charge in [-0.2, -0.15) is 0 Å². The van der Waals surface area contributed by atoms with Gasteiger partial charge in [-0.15, -0.1) is 0 Å². The van der Waals surface area contributed by atoms with Gasteiger partial charge in [0.05, 0.1) is 35.6 Å². The first-order valence-corrected chi connectivity index (χ1v) is 10.3. The first-order chi connectivity index (χ1) is 14.5. The molecule has 0 saturated carbocycles. The van der Waals surface area contributed by atoms with Crippen LogP contribution < -0.4 is 19.6 Å². The quantitative estimate of drug-likeness (QED) is 0.637. The number of aromatic nitrogens is 2. The molecule has 4 rings (SSSR count). The monoisotopic (exact) mass is 423 g/mol. The highest BCUT2D eigenvalue weighted by Crippen LogP contribution is 2.31. The van der Waals surface area contributed by atoms with E-state index in [0.717, 1.165) is 11.3 Å². The minimum absolute atomic E-state index is 0.205. The van der Waals surface area contributed by atoms with Gasteiger partial charge >= 0.3 is 5.97 Å². The van der Waals surface area contributed by atoms with Crippen LogP contribution in [0.4, 0.5) is 0 Å². The molecule has 8 heteroatoms. The number of methoxy groups -OCH3 is 1. The molecule has 3 heterocycles. The van der Waals surface area contributed by atoms with Gasteiger partial charge in [0.25, 0.3) is 5.56 Å². The summed E-state index contributed by atoms with van der Waals surface area (Å²) in [6, 6.07) is 10.4. The Kier molecular flexibility index (Phi) is 5.41. The van der Waals surface area contributed by atoms with Crippen molar-refractivity contribution in [2.45, 2.75) is 19.9 Å². The number of aromatic amines is 1. The first-order valence-electron chi connectivity index (χ1n) is 9.50. The number of rotatable bonds is 5. The molecule has 0 aliphatic carbocycles. The number of hydrogen-bond acceptors (Lipinski definition) is 6. The van der Waals surface area contributed by atoms with E-state index >= 15 is 0 Å². The van der Waals surface area contributed by atoms with Gasteiger partial charge in [0.1, 0.15) is 5.75 Å². The Morgan fingerprint density at radius 2 is 2.07 bits per heavy atom. The van der Waals surface area contributed by atoms with Crippen LogP contribution in [-0.4, -0.2) is 29.2 Å². The number of thiazole rings is 1. The number of benzene rings is 1. The van der Waals surface area contributed by atoms with Gasteiger partial charge < -0.3 is 14.5 Å². The van der Waals surface area contributed by atoms with Crippen molar-refractivity contribution in [2.75, 3.05) is 13.7 Å². The predicted octanol–water partition coefficient (Wildman–Crippen LogP) is 2.14. The van der Waals surface area contributed by atoms with E-state index in [1.54, 1.807) is 37.8 Å². The summed E-state index contributed by atoms with van der Waals surface area (Å²) in [6.45, 7) is 3.76. The molecule has 0 radical (unpaired) electrons. The molecule has 0 unspecified atom stereocenters. The summed E-state index contributed by atoms with van der Waals surface area (Å²) in [5.74, 6) is 0.217. The SMILES string of the molecule is CCOC(=O)C1=C(C)N=c2sc(=Cc3ccc[nH]3)c(=O)n2[C@@H]1c1ccc(OC)cc1. The number of allylic oxidation sites excluding steroid dienone is 1. The third-order valence-electron chi connectivity index (χ3n) is 4.86. The number of nitrogens with one attached hydrogen (secondary N) is 1. The molecular formula is C22H21N3O4S. The van der Waals surface area contributed by atoms with E-state index in [9.17, 15) is 9.59 Å². The second-order valence-electron chi connectivity index (χ2n) is 6.70. The summed E-state index contributed by atoms with van der Waals surface area (Å²) < 4.78 is 12.6. The van der Waals surface area contributed by atoms with E-state index in [2.05, 4.69) is 9.98 Å². The normalized spacial score (nSPS) is 16.2. The van der Waals surface area contributed by atoms with Crippen molar-refractivity contribution in [2.24, 2.45) is 4.99 Å². The Morgan fingerprint density at radius 1 is 1.30 bits per heavy atom. The van der Waals surface area contributed by atoms with Crippen LogP contribution in [0.1, 0.15) is 31.1 Å². The van der Waals surface area contributed by atoms with E-state index in [1.807, 2.05) is 36.4 Å². The van der Waals surface area contributed by atoms with Crippen LogP contribution in [-0.2, 0) is 9.53 Å². The average Bonchev–Trinajstić information content (AvgIpc) is 3.36. The van der Waals surface area contributed by atoms with Crippen molar-refractivity contribution >= 4 is 23.4 Å². The molecule has 1 aliphatic rings. The van der Waals surface area contributed by atoms with Crippen LogP contribution in [0.2, 0.25) is 0 Å². The molecule has 1 N–H and O–H groups in total. The number of carbonyl (C=O) groups excluding carboxylic acids is 1. The summed E-state index contributed by atoms with van der Waals surface area (Å²) in [4.78, 5) is 34.3. The minimum Gasteiger partial charge on any atom is -0.497 e. The number of ether oxygens (including phenoxy) is 2. The van der Waals surface area contributed by atoms with E-state index in [-0.39, 0.29) is 12.2 Å². The summed E-state index contributed by atoms with van der Waals surface area (Å²) in [5.41, 5.74) is 2.30. The molecule has 7 nitrogen and oxygen atoms in total. The van der Waals surface area contributed by atoms with E-state index < -0.39 is 12.0 Å². The summed E-state index contributed by atoms with van der Waals surface area (Å²) in [6.07, 6.45) is 3.59. The van der Waals surface area contributed by atoms with Gasteiger partial charge in [-0.25, -0.2) is 9.79 Å². The van der Waals surface area contributed by atoms with Gasteiger partial charge in [-0.3, -0.25) is 9.36 Å². The number of esters is 1. The molecule has 1 aromatic carbocycles. The number of nitrogens with zero attached hydrogens (tertiary/aromatic N) is 2. The van der Waals surface area contributed by atoms with Crippen LogP contribution in [0.15, 0.2) is 63.7 Å². The second-order valence-corrected chi connectivity index (χ2v) is 7.71. The standard InChI is InChI=1S/C22H21N3O4S/c1-4-29-21(27)18-13(2)24-22-25(19(18)14-7-9-16(28-3)10-8-14)20(26)17(30-22)12-15-6-5-11-23-15/h5-12,19,23H,4H2,1-3H3/t19-/m1/s1. The predicted molar refractivity (Wildman–Crippen MR) is 114 cm³/mol. The van der Waals surface area contributed by atoms with Gasteiger partial charge in [0, 0.05) is 11.9 Å². The van der Waals surface area contributed by atoms with Crippen molar-refractivity contribution in [1.82, 2.24) is 9.55 Å². The molecule has 0 bridgehead atoms. The maximum absolute atomic E-state index is 13.3. The van der Waals surface area contributed by atoms with Crippen LogP contribution in [0, 0.1) is 0 Å². The highest BCUT2D eigenvalue weighted by atomic mass is 32.1. The van der Waals surface area contributed by atoms with Gasteiger partial charge in [0.15, 0.2) is 4.80 Å². The zero-order chi connectivity index (χ0) is 21.3. The average molecular weight is 423 g/mol. The Bertz CT molecular complexity index is 1280. The number of fused-ring (bicyclic) bond motifs is 1. The van der Waals surface area contributed by atoms with Crippen LogP contribution >= 0.6 is 11.3 Å². The molecule has 3 aromatic rings. The Morgan fingerprint density at radius 3 is 2.70 bits per heavy atom. The van der Waals surface area contributed by atoms with Crippen LogP contribution in [0.3, 0.4) is 0 Å². The number of H-pyrrole nitrogens is 1. The molecule has 0 spiro atoms. The zero-order valence-electron chi connectivity index (χ0n) is 16.8. The lowest BCUT2D eigenvalue weighted by molar-refractivity contribution is -0.139. The lowest BCUT2D eigenvalue weighted by atomic mass is 9.96. The Hall–Kier alpha value is -3.39. The van der Waals surface area contributed by atoms with Crippen LogP contribution in [0.25, 0.3) is 6.08 Å². The Labute approximate surface area is 176 Å². The van der Waals surface area contributed by atoms with E-state index in [4.69, 9.17) is 9.47 Å². The minimum atomic E-state index is -0.628. The molecule has 0 amide bonds. The number of hydrogen-bond donors (Lipinski definition) is 1. The molecule has 30 heavy (non-hydrogen) atoms. The number of carbonyl (C=O) groups is 1. The Balaban J connectivity index is 1.95. The molecule has 0 fully saturated rings. The fourth-order valence-corrected chi connectivity index (χ4v) is 4.51. The van der Waals surface area contributed by atoms with Gasteiger partial charge in [0.2, 0.25) is 0 Å². The largest absolute Gasteiger partial charge is 0.497 e. The fraction of sp³-hybridized carbons (Fsp3) is 0.227. The zero-order valence-corrected chi connectivity index (χ0v) is 17.7. The van der Waals surface area contributed by atoms with E-state index in [0.29, 0.717) is 26.4 Å². The van der Waals surface area contributed by atoms with Crippen molar-refractivity contribution in [3.05, 3.63) is 84.8 Å². The lowest BCUT2D eigenvalue weighted by Crippen LogP contribution is -2.39. The topological polar surface area (TPSA) is 85.7 Å². The fourth-order valence-electron chi connectivity index (χ4n) is 3.47. The molecule has 1 aliphatic heterocycles. The van der Waals surface area contributed by atoms with Crippen LogP contribution in [0.5, 0.6) is 5.75 Å². The molecule has 154 valence electrons. The van der Waals surface area contributed by atoms with Crippen molar-refractivity contribution in [3.63, 3.8) is 0 Å². The molecule has 2 aromatic heterocycles. The van der Waals surface area contributed by atoms with Crippen molar-refractivity contribution in [1.29, 1.82) is 0 Å². The smallest absolute Gasteiger partial charge is 0.338 e. The van der Waals surface area contributed by atoms with E-state index in [1.165, 1.54) is 11.3 Å². The van der Waals surface area contributed by atoms with Crippen molar-refractivity contribution in [3.8, 4) is 5.75 Å². The highest BCUT2D eigenvalue weighted by molar-refractivity contribution is 7.07. The van der Waals surface area contributed by atoms with Gasteiger partial charge in [-0.05, 0) is 49.8 Å². The third-order valence-corrected chi connectivity index (χ3v) is 5.84. The summed E-state index contributed by atoms with van der Waals surface area (Å²) in [7, 11) is 1.59. The lowest BCUT2D eigenvalue weighted by Gasteiger charge is -2.24. The maximum atomic E-state index is 13.3. The molecule has 1 atom stereocenters. The van der Waals surface area contributed by atoms with Crippen molar-refractivity contribution < 1.29 is 14.3 Å². The second kappa shape index (κ2) is 8.16. The summed E-state index contributed by atoms with van der Waals surface area (Å²) in [5, 5.41) is 0. The highest BCUT2D eigenvalue weighted by Gasteiger charge is 2.33.